The number of hydrogen-bond acceptors (Lipinski definition) is 4. The topological polar surface area (TPSA) is 0 Å². The molecule has 0 spiro atoms. The molecule has 0 atom stereocenters. The maximum atomic E-state index is 2.46. The third-order valence-electron chi connectivity index (χ3n) is 7.50. The molecular formula is C34H18S4. The molecule has 0 nitrogen and oxygen atoms in total. The average molecular weight is 555 g/mol. The van der Waals surface area contributed by atoms with Gasteiger partial charge < -0.3 is 0 Å². The van der Waals surface area contributed by atoms with E-state index >= 15 is 0 Å². The molecule has 0 N–H and O–H groups in total. The number of hydrogen-bond donors (Lipinski definition) is 0. The second-order valence-corrected chi connectivity index (χ2v) is 13.9. The van der Waals surface area contributed by atoms with Gasteiger partial charge in [-0.25, -0.2) is 0 Å². The summed E-state index contributed by atoms with van der Waals surface area (Å²) in [6.45, 7) is 0. The predicted octanol–water partition coefficient (Wildman–Crippen LogP) is 12.2. The van der Waals surface area contributed by atoms with Crippen LogP contribution in [0.15, 0.2) is 109 Å². The van der Waals surface area contributed by atoms with Gasteiger partial charge in [-0.3, -0.25) is 0 Å². The van der Waals surface area contributed by atoms with E-state index < -0.39 is 0 Å². The Labute approximate surface area is 234 Å². The molecule has 0 amide bonds. The zero-order valence-electron chi connectivity index (χ0n) is 20.0. The zero-order chi connectivity index (χ0) is 24.8. The smallest absolute Gasteiger partial charge is 0.0542 e. The third-order valence-corrected chi connectivity index (χ3v) is 12.5. The lowest BCUT2D eigenvalue weighted by Gasteiger charge is -2.01. The molecule has 0 radical (unpaired) electrons. The van der Waals surface area contributed by atoms with Crippen molar-refractivity contribution in [2.24, 2.45) is 0 Å². The van der Waals surface area contributed by atoms with Crippen LogP contribution in [-0.4, -0.2) is 0 Å². The molecule has 4 aromatic heterocycles. The normalized spacial score (nSPS) is 12.2. The van der Waals surface area contributed by atoms with E-state index in [2.05, 4.69) is 109 Å². The number of thiophene rings is 4. The molecule has 0 bridgehead atoms. The van der Waals surface area contributed by atoms with E-state index in [1.54, 1.807) is 0 Å². The van der Waals surface area contributed by atoms with Crippen LogP contribution in [0, 0.1) is 0 Å². The molecule has 0 aliphatic heterocycles. The molecule has 4 heteroatoms. The van der Waals surface area contributed by atoms with Crippen molar-refractivity contribution in [1.29, 1.82) is 0 Å². The van der Waals surface area contributed by atoms with Gasteiger partial charge in [0.2, 0.25) is 0 Å². The molecule has 9 aromatic rings. The summed E-state index contributed by atoms with van der Waals surface area (Å²) in [6, 6.07) is 40.2. The summed E-state index contributed by atoms with van der Waals surface area (Å²) in [4.78, 5) is 0. The minimum absolute atomic E-state index is 1.28. The number of benzene rings is 5. The van der Waals surface area contributed by atoms with Crippen molar-refractivity contribution in [3.05, 3.63) is 109 Å². The highest BCUT2D eigenvalue weighted by Crippen LogP contribution is 2.50. The van der Waals surface area contributed by atoms with E-state index in [-0.39, 0.29) is 0 Å². The van der Waals surface area contributed by atoms with Crippen LogP contribution in [0.25, 0.3) is 81.4 Å². The van der Waals surface area contributed by atoms with Crippen LogP contribution in [-0.2, 0) is 0 Å². The Bertz CT molecular complexity index is 2160. The van der Waals surface area contributed by atoms with Crippen LogP contribution in [0.4, 0.5) is 0 Å². The van der Waals surface area contributed by atoms with Crippen LogP contribution in [0.3, 0.4) is 0 Å². The first kappa shape index (κ1) is 21.4. The van der Waals surface area contributed by atoms with E-state index in [1.807, 2.05) is 45.3 Å². The SMILES string of the molecule is c1ccc(-c2ccc3c(c2)sc2c4cc5sc6c7ccc(-c8ccccc8)cc7sc6c5cc4sc32)cc1. The van der Waals surface area contributed by atoms with Crippen LogP contribution in [0.2, 0.25) is 0 Å². The van der Waals surface area contributed by atoms with Gasteiger partial charge in [0.05, 0.1) is 18.8 Å². The maximum absolute atomic E-state index is 2.46. The Hall–Kier alpha value is -3.54. The highest BCUT2D eigenvalue weighted by atomic mass is 32.1. The highest BCUT2D eigenvalue weighted by Gasteiger charge is 2.18. The van der Waals surface area contributed by atoms with E-state index in [9.17, 15) is 0 Å². The average Bonchev–Trinajstić information content (AvgIpc) is 3.70. The predicted molar refractivity (Wildman–Crippen MR) is 174 cm³/mol. The molecule has 178 valence electrons. The summed E-state index contributed by atoms with van der Waals surface area (Å²) in [6.07, 6.45) is 0. The molecule has 38 heavy (non-hydrogen) atoms. The number of fused-ring (bicyclic) bond motifs is 10. The van der Waals surface area contributed by atoms with Crippen LogP contribution in [0.5, 0.6) is 0 Å². The minimum atomic E-state index is 1.28. The fourth-order valence-corrected chi connectivity index (χ4v) is 11.0. The third kappa shape index (κ3) is 3.06. The van der Waals surface area contributed by atoms with Gasteiger partial charge in [-0.15, -0.1) is 45.3 Å². The molecule has 0 aliphatic rings. The van der Waals surface area contributed by atoms with Crippen molar-refractivity contribution in [2.75, 3.05) is 0 Å². The largest absolute Gasteiger partial charge is 0.134 e. The first-order valence-electron chi connectivity index (χ1n) is 12.6. The summed E-state index contributed by atoms with van der Waals surface area (Å²) in [5, 5.41) is 5.58. The summed E-state index contributed by atoms with van der Waals surface area (Å²) in [5.74, 6) is 0. The Kier molecular flexibility index (Phi) is 4.49. The number of rotatable bonds is 2. The van der Waals surface area contributed by atoms with Gasteiger partial charge in [0.1, 0.15) is 0 Å². The van der Waals surface area contributed by atoms with Crippen molar-refractivity contribution >= 4 is 104 Å². The maximum Gasteiger partial charge on any atom is 0.0542 e. The molecule has 0 saturated carbocycles. The minimum Gasteiger partial charge on any atom is -0.134 e. The molecule has 0 fully saturated rings. The van der Waals surface area contributed by atoms with E-state index in [0.717, 1.165) is 0 Å². The fourth-order valence-electron chi connectivity index (χ4n) is 5.63. The fraction of sp³-hybridized carbons (Fsp3) is 0. The first-order valence-corrected chi connectivity index (χ1v) is 15.9. The van der Waals surface area contributed by atoms with Crippen molar-refractivity contribution in [2.45, 2.75) is 0 Å². The highest BCUT2D eigenvalue weighted by molar-refractivity contribution is 7.38. The lowest BCUT2D eigenvalue weighted by atomic mass is 10.0. The standard InChI is InChI=1S/C34H18S4/c1-3-7-19(8-4-1)21-11-13-23-27(15-21)35-33-25-17-30-26(18-29(25)37-31(23)33)34-32(38-30)24-14-12-22(16-28(24)36-34)20-9-5-2-6-10-20/h1-18H. The van der Waals surface area contributed by atoms with E-state index in [0.29, 0.717) is 0 Å². The van der Waals surface area contributed by atoms with E-state index in [4.69, 9.17) is 0 Å². The van der Waals surface area contributed by atoms with Gasteiger partial charge in [0.15, 0.2) is 0 Å². The molecule has 9 rings (SSSR count). The monoisotopic (exact) mass is 554 g/mol. The Morgan fingerprint density at radius 1 is 0.289 bits per heavy atom. The van der Waals surface area contributed by atoms with E-state index in [1.165, 1.54) is 81.4 Å². The lowest BCUT2D eigenvalue weighted by Crippen LogP contribution is -1.75. The molecule has 5 aromatic carbocycles. The van der Waals surface area contributed by atoms with Gasteiger partial charge in [0, 0.05) is 40.3 Å². The van der Waals surface area contributed by atoms with Gasteiger partial charge in [-0.2, -0.15) is 0 Å². The summed E-state index contributed by atoms with van der Waals surface area (Å²) >= 11 is 7.79. The van der Waals surface area contributed by atoms with Crippen molar-refractivity contribution in [1.82, 2.24) is 0 Å². The van der Waals surface area contributed by atoms with Crippen molar-refractivity contribution in [3.63, 3.8) is 0 Å². The first-order chi connectivity index (χ1) is 18.8. The van der Waals surface area contributed by atoms with Crippen molar-refractivity contribution < 1.29 is 0 Å². The Morgan fingerprint density at radius 2 is 0.658 bits per heavy atom. The van der Waals surface area contributed by atoms with Gasteiger partial charge in [0.25, 0.3) is 0 Å². The van der Waals surface area contributed by atoms with Crippen LogP contribution in [0.1, 0.15) is 0 Å². The quantitative estimate of drug-likeness (QED) is 0.199. The summed E-state index contributed by atoms with van der Waals surface area (Å²) in [5.41, 5.74) is 5.14. The molecule has 0 unspecified atom stereocenters. The molecule has 0 saturated heterocycles. The summed E-state index contributed by atoms with van der Waals surface area (Å²) in [7, 11) is 0. The Balaban J connectivity index is 1.23. The van der Waals surface area contributed by atoms with Crippen molar-refractivity contribution in [3.8, 4) is 22.3 Å². The van der Waals surface area contributed by atoms with Crippen LogP contribution < -0.4 is 0 Å². The van der Waals surface area contributed by atoms with Gasteiger partial charge in [-0.1, -0.05) is 84.9 Å². The lowest BCUT2D eigenvalue weighted by molar-refractivity contribution is 1.66. The summed E-state index contributed by atoms with van der Waals surface area (Å²) < 4.78 is 11.3. The van der Waals surface area contributed by atoms with Gasteiger partial charge >= 0.3 is 0 Å². The second kappa shape index (κ2) is 7.98. The van der Waals surface area contributed by atoms with Crippen LogP contribution >= 0.6 is 45.3 Å². The Morgan fingerprint density at radius 3 is 1.08 bits per heavy atom. The van der Waals surface area contributed by atoms with Gasteiger partial charge in [-0.05, 0) is 46.5 Å². The zero-order valence-corrected chi connectivity index (χ0v) is 23.3. The molecule has 0 aliphatic carbocycles. The molecular weight excluding hydrogens is 537 g/mol. The second-order valence-electron chi connectivity index (χ2n) is 9.72. The molecule has 4 heterocycles.